The molecule has 1 N–H and O–H groups in total. The zero-order valence-corrected chi connectivity index (χ0v) is 24.2. The van der Waals surface area contributed by atoms with E-state index in [1.165, 1.54) is 25.7 Å². The zero-order valence-electron chi connectivity index (χ0n) is 24.2. The van der Waals surface area contributed by atoms with Crippen molar-refractivity contribution in [2.75, 3.05) is 36.6 Å². The highest BCUT2D eigenvalue weighted by atomic mass is 16.7. The van der Waals surface area contributed by atoms with Crippen LogP contribution in [0.1, 0.15) is 90.4 Å². The van der Waals surface area contributed by atoms with Gasteiger partial charge in [0.05, 0.1) is 0 Å². The molecule has 39 heavy (non-hydrogen) atoms. The molecule has 0 spiro atoms. The zero-order chi connectivity index (χ0) is 27.6. The van der Waals surface area contributed by atoms with Gasteiger partial charge in [-0.1, -0.05) is 39.7 Å². The summed E-state index contributed by atoms with van der Waals surface area (Å²) in [5.74, 6) is 3.53. The number of aromatic nitrogens is 3. The summed E-state index contributed by atoms with van der Waals surface area (Å²) < 4.78 is 11.2. The first kappa shape index (κ1) is 28.9. The Bertz CT molecular complexity index is 1090. The Morgan fingerprint density at radius 2 is 1.82 bits per heavy atom. The van der Waals surface area contributed by atoms with E-state index in [9.17, 15) is 5.26 Å². The van der Waals surface area contributed by atoms with Gasteiger partial charge in [0.25, 0.3) is 0 Å². The standard InChI is InChI=1S/C30H45N7O2/c1-5-9-23-11-14-25(15-12-23)37(20-24-13-16-26-27(18-24)39-21-38-26)30-34-28(19-31)33-29(35-30)32-22(4)10-8-17-36(6-2)7-3/h13,16,18,22-23,25H,5-12,14-15,17,20-21H2,1-4H3,(H,32,33,34,35). The molecule has 1 atom stereocenters. The van der Waals surface area contributed by atoms with Crippen LogP contribution in [0, 0.1) is 17.2 Å². The smallest absolute Gasteiger partial charge is 0.238 e. The Labute approximate surface area is 233 Å². The van der Waals surface area contributed by atoms with Crippen LogP contribution in [-0.2, 0) is 6.54 Å². The number of anilines is 2. The molecule has 2 aliphatic rings. The van der Waals surface area contributed by atoms with Crippen molar-refractivity contribution in [1.82, 2.24) is 19.9 Å². The fourth-order valence-electron chi connectivity index (χ4n) is 5.81. The van der Waals surface area contributed by atoms with Crippen LogP contribution < -0.4 is 19.7 Å². The molecule has 4 rings (SSSR count). The van der Waals surface area contributed by atoms with E-state index in [4.69, 9.17) is 14.5 Å². The summed E-state index contributed by atoms with van der Waals surface area (Å²) in [5.41, 5.74) is 1.10. The van der Waals surface area contributed by atoms with Crippen molar-refractivity contribution in [2.24, 2.45) is 5.92 Å². The maximum Gasteiger partial charge on any atom is 0.238 e. The number of ether oxygens (including phenoxy) is 2. The van der Waals surface area contributed by atoms with Gasteiger partial charge in [-0.2, -0.15) is 20.2 Å². The van der Waals surface area contributed by atoms with Crippen molar-refractivity contribution < 1.29 is 9.47 Å². The third kappa shape index (κ3) is 7.95. The Balaban J connectivity index is 1.53. The topological polar surface area (TPSA) is 99.4 Å². The second-order valence-electron chi connectivity index (χ2n) is 10.9. The molecule has 1 fully saturated rings. The molecule has 0 saturated heterocycles. The van der Waals surface area contributed by atoms with E-state index in [0.717, 1.165) is 68.3 Å². The van der Waals surface area contributed by atoms with Crippen LogP contribution in [0.25, 0.3) is 0 Å². The molecule has 2 aromatic rings. The van der Waals surface area contributed by atoms with Crippen LogP contribution in [0.4, 0.5) is 11.9 Å². The number of nitrogens with one attached hydrogen (secondary N) is 1. The van der Waals surface area contributed by atoms with Gasteiger partial charge in [0.1, 0.15) is 6.07 Å². The van der Waals surface area contributed by atoms with E-state index in [0.29, 0.717) is 24.5 Å². The molecule has 2 heterocycles. The number of nitrogens with zero attached hydrogens (tertiary/aromatic N) is 6. The Morgan fingerprint density at radius 3 is 2.54 bits per heavy atom. The predicted molar refractivity (Wildman–Crippen MR) is 154 cm³/mol. The summed E-state index contributed by atoms with van der Waals surface area (Å²) in [6.45, 7) is 12.9. The van der Waals surface area contributed by atoms with E-state index in [1.54, 1.807) is 0 Å². The summed E-state index contributed by atoms with van der Waals surface area (Å²) in [5, 5.41) is 13.2. The van der Waals surface area contributed by atoms with Crippen LogP contribution >= 0.6 is 0 Å². The van der Waals surface area contributed by atoms with Gasteiger partial charge in [0.2, 0.25) is 24.5 Å². The first-order valence-electron chi connectivity index (χ1n) is 14.8. The lowest BCUT2D eigenvalue weighted by Gasteiger charge is -2.37. The quantitative estimate of drug-likeness (QED) is 0.324. The third-order valence-electron chi connectivity index (χ3n) is 8.11. The van der Waals surface area contributed by atoms with Crippen LogP contribution in [-0.4, -0.2) is 58.4 Å². The summed E-state index contributed by atoms with van der Waals surface area (Å²) >= 11 is 0. The third-order valence-corrected chi connectivity index (χ3v) is 8.11. The molecule has 1 aromatic carbocycles. The second kappa shape index (κ2) is 14.3. The van der Waals surface area contributed by atoms with Gasteiger partial charge in [0, 0.05) is 18.6 Å². The minimum absolute atomic E-state index is 0.146. The number of hydrogen-bond acceptors (Lipinski definition) is 9. The molecule has 9 nitrogen and oxygen atoms in total. The van der Waals surface area contributed by atoms with Crippen LogP contribution in [0.3, 0.4) is 0 Å². The molecule has 1 aromatic heterocycles. The molecule has 1 aliphatic carbocycles. The second-order valence-corrected chi connectivity index (χ2v) is 10.9. The molecule has 1 aliphatic heterocycles. The molecule has 1 saturated carbocycles. The maximum atomic E-state index is 9.77. The minimum atomic E-state index is 0.146. The van der Waals surface area contributed by atoms with Crippen molar-refractivity contribution in [2.45, 2.75) is 97.7 Å². The van der Waals surface area contributed by atoms with Crippen LogP contribution in [0.15, 0.2) is 18.2 Å². The highest BCUT2D eigenvalue weighted by molar-refractivity contribution is 5.47. The largest absolute Gasteiger partial charge is 0.454 e. The van der Waals surface area contributed by atoms with E-state index >= 15 is 0 Å². The van der Waals surface area contributed by atoms with E-state index < -0.39 is 0 Å². The fourth-order valence-corrected chi connectivity index (χ4v) is 5.81. The van der Waals surface area contributed by atoms with Gasteiger partial charge in [-0.05, 0) is 88.7 Å². The average Bonchev–Trinajstić information content (AvgIpc) is 3.42. The number of rotatable bonds is 14. The summed E-state index contributed by atoms with van der Waals surface area (Å²) in [6, 6.07) is 8.74. The van der Waals surface area contributed by atoms with E-state index in [1.807, 2.05) is 12.1 Å². The van der Waals surface area contributed by atoms with Gasteiger partial charge in [-0.15, -0.1) is 0 Å². The van der Waals surface area contributed by atoms with Gasteiger partial charge in [-0.25, -0.2) is 0 Å². The molecule has 0 amide bonds. The van der Waals surface area contributed by atoms with Gasteiger partial charge in [-0.3, -0.25) is 0 Å². The van der Waals surface area contributed by atoms with E-state index in [-0.39, 0.29) is 18.7 Å². The summed E-state index contributed by atoms with van der Waals surface area (Å²) in [6.07, 6.45) is 9.22. The first-order chi connectivity index (χ1) is 19.0. The monoisotopic (exact) mass is 535 g/mol. The van der Waals surface area contributed by atoms with Crippen LogP contribution in [0.2, 0.25) is 0 Å². The first-order valence-corrected chi connectivity index (χ1v) is 14.8. The van der Waals surface area contributed by atoms with Gasteiger partial charge >= 0.3 is 0 Å². The lowest BCUT2D eigenvalue weighted by Crippen LogP contribution is -2.39. The molecule has 0 bridgehead atoms. The normalized spacial score (nSPS) is 19.1. The highest BCUT2D eigenvalue weighted by Gasteiger charge is 2.29. The molecule has 0 radical (unpaired) electrons. The lowest BCUT2D eigenvalue weighted by atomic mass is 9.83. The van der Waals surface area contributed by atoms with Crippen molar-refractivity contribution in [3.8, 4) is 17.6 Å². The molecule has 9 heteroatoms. The number of fused-ring (bicyclic) bond motifs is 1. The Hall–Kier alpha value is -3.12. The number of benzene rings is 1. The van der Waals surface area contributed by atoms with Crippen LogP contribution in [0.5, 0.6) is 11.5 Å². The molecular formula is C30H45N7O2. The minimum Gasteiger partial charge on any atom is -0.454 e. The molecular weight excluding hydrogens is 490 g/mol. The highest BCUT2D eigenvalue weighted by Crippen LogP contribution is 2.36. The van der Waals surface area contributed by atoms with Gasteiger partial charge < -0.3 is 24.6 Å². The maximum absolute atomic E-state index is 9.77. The molecule has 212 valence electrons. The van der Waals surface area contributed by atoms with Gasteiger partial charge in [0.15, 0.2) is 11.5 Å². The van der Waals surface area contributed by atoms with Crippen molar-refractivity contribution in [3.05, 3.63) is 29.6 Å². The van der Waals surface area contributed by atoms with E-state index in [2.05, 4.69) is 64.9 Å². The Morgan fingerprint density at radius 1 is 1.05 bits per heavy atom. The summed E-state index contributed by atoms with van der Waals surface area (Å²) in [4.78, 5) is 18.6. The average molecular weight is 536 g/mol. The molecule has 1 unspecified atom stereocenters. The lowest BCUT2D eigenvalue weighted by molar-refractivity contribution is 0.174. The van der Waals surface area contributed by atoms with Crippen molar-refractivity contribution in [3.63, 3.8) is 0 Å². The SMILES string of the molecule is CCCC1CCC(N(Cc2ccc3c(c2)OCO3)c2nc(C#N)nc(NC(C)CCCN(CC)CC)n2)CC1. The number of hydrogen-bond donors (Lipinski definition) is 1. The van der Waals surface area contributed by atoms with Crippen molar-refractivity contribution in [1.29, 1.82) is 5.26 Å². The number of nitriles is 1. The fraction of sp³-hybridized carbons (Fsp3) is 0.667. The summed E-state index contributed by atoms with van der Waals surface area (Å²) in [7, 11) is 0. The van der Waals surface area contributed by atoms with Crippen molar-refractivity contribution >= 4 is 11.9 Å². The Kier molecular flexibility index (Phi) is 10.6. The predicted octanol–water partition coefficient (Wildman–Crippen LogP) is 5.76.